The molecular weight excluding hydrogens is 408 g/mol. The zero-order chi connectivity index (χ0) is 24.2. The van der Waals surface area contributed by atoms with Gasteiger partial charge in [0.25, 0.3) is 0 Å². The second-order valence-corrected chi connectivity index (χ2v) is 13.4. The molecule has 188 valence electrons. The summed E-state index contributed by atoms with van der Waals surface area (Å²) < 4.78 is 5.56. The maximum Gasteiger partial charge on any atom is 0.302 e. The van der Waals surface area contributed by atoms with E-state index < -0.39 is 5.60 Å². The molecule has 4 aliphatic carbocycles. The number of hydrogen-bond acceptors (Lipinski definition) is 3. The van der Waals surface area contributed by atoms with Crippen molar-refractivity contribution in [1.29, 1.82) is 0 Å². The first-order valence-corrected chi connectivity index (χ1v) is 14.0. The molecule has 0 radical (unpaired) electrons. The first-order chi connectivity index (χ1) is 15.4. The minimum atomic E-state index is -0.702. The molecule has 0 amide bonds. The van der Waals surface area contributed by atoms with Gasteiger partial charge in [-0.25, -0.2) is 0 Å². The number of rotatable bonds is 6. The van der Waals surface area contributed by atoms with Gasteiger partial charge in [0.1, 0.15) is 6.10 Å². The van der Waals surface area contributed by atoms with Crippen LogP contribution in [0.3, 0.4) is 0 Å². The van der Waals surface area contributed by atoms with E-state index in [4.69, 9.17) is 4.74 Å². The highest BCUT2D eigenvalue weighted by Gasteiger charge is 2.61. The van der Waals surface area contributed by atoms with Crippen LogP contribution in [-0.2, 0) is 9.53 Å². The minimum absolute atomic E-state index is 0.0814. The first-order valence-electron chi connectivity index (χ1n) is 14.0. The van der Waals surface area contributed by atoms with Gasteiger partial charge in [-0.05, 0) is 86.4 Å². The molecule has 0 spiro atoms. The van der Waals surface area contributed by atoms with Crippen molar-refractivity contribution in [3.63, 3.8) is 0 Å². The van der Waals surface area contributed by atoms with E-state index in [-0.39, 0.29) is 17.5 Å². The monoisotopic (exact) mass is 458 g/mol. The van der Waals surface area contributed by atoms with E-state index in [2.05, 4.69) is 41.5 Å². The fourth-order valence-corrected chi connectivity index (χ4v) is 8.79. The van der Waals surface area contributed by atoms with Crippen LogP contribution in [0.4, 0.5) is 0 Å². The average molecular weight is 459 g/mol. The molecule has 3 nitrogen and oxygen atoms in total. The lowest BCUT2D eigenvalue weighted by atomic mass is 9.47. The van der Waals surface area contributed by atoms with Crippen LogP contribution < -0.4 is 0 Å². The first kappa shape index (κ1) is 25.3. The predicted octanol–water partition coefficient (Wildman–Crippen LogP) is 7.46. The highest BCUT2D eigenvalue weighted by atomic mass is 16.5. The number of aliphatic hydroxyl groups is 1. The number of esters is 1. The van der Waals surface area contributed by atoms with Crippen LogP contribution >= 0.6 is 0 Å². The molecule has 0 aromatic rings. The fraction of sp³-hybridized carbons (Fsp3) is 0.900. The van der Waals surface area contributed by atoms with Crippen LogP contribution in [0.25, 0.3) is 0 Å². The lowest BCUT2D eigenvalue weighted by Gasteiger charge is -2.60. The fourth-order valence-electron chi connectivity index (χ4n) is 8.79. The topological polar surface area (TPSA) is 46.5 Å². The number of carbonyl (C=O) groups excluding carboxylic acids is 1. The molecule has 0 bridgehead atoms. The smallest absolute Gasteiger partial charge is 0.302 e. The summed E-state index contributed by atoms with van der Waals surface area (Å²) in [6.45, 7) is 16.1. The van der Waals surface area contributed by atoms with Crippen molar-refractivity contribution in [2.24, 2.45) is 40.4 Å². The highest BCUT2D eigenvalue weighted by molar-refractivity contribution is 5.66. The lowest BCUT2D eigenvalue weighted by molar-refractivity contribution is -0.188. The number of carbonyl (C=O) groups is 1. The molecule has 0 saturated heterocycles. The van der Waals surface area contributed by atoms with Crippen molar-refractivity contribution < 1.29 is 14.6 Å². The number of hydrogen-bond donors (Lipinski definition) is 1. The molecule has 3 saturated carbocycles. The maximum atomic E-state index is 11.9. The molecule has 0 aliphatic heterocycles. The third-order valence-electron chi connectivity index (χ3n) is 11.4. The van der Waals surface area contributed by atoms with E-state index >= 15 is 0 Å². The zero-order valence-electron chi connectivity index (χ0n) is 22.5. The van der Waals surface area contributed by atoms with Crippen molar-refractivity contribution in [3.8, 4) is 0 Å². The predicted molar refractivity (Wildman–Crippen MR) is 135 cm³/mol. The van der Waals surface area contributed by atoms with E-state index in [1.165, 1.54) is 45.4 Å². The molecule has 3 heteroatoms. The van der Waals surface area contributed by atoms with Crippen LogP contribution in [0.1, 0.15) is 119 Å². The van der Waals surface area contributed by atoms with E-state index in [1.54, 1.807) is 11.1 Å². The molecule has 33 heavy (non-hydrogen) atoms. The van der Waals surface area contributed by atoms with Gasteiger partial charge < -0.3 is 9.84 Å². The van der Waals surface area contributed by atoms with Gasteiger partial charge in [0.2, 0.25) is 0 Å². The Morgan fingerprint density at radius 3 is 2.42 bits per heavy atom. The van der Waals surface area contributed by atoms with Crippen LogP contribution in [0.5, 0.6) is 0 Å². The molecule has 0 aromatic carbocycles. The average Bonchev–Trinajstić information content (AvgIpc) is 3.09. The lowest BCUT2D eigenvalue weighted by Crippen LogP contribution is -2.60. The molecule has 4 rings (SSSR count). The Bertz CT molecular complexity index is 783. The standard InChI is InChI=1S/C30H50O3/c1-19(2)20(3)8-9-21(4)25-10-11-26-24-13-17-30(32)18-23(33-22(5)31)12-16-29(30,7)27(24)14-15-28(25,26)6/h19-21,23,25,27,32H,8-18H2,1-7H3/t20?,21-,23+,25-,27+,28-,29-,30-/m1/s1. The van der Waals surface area contributed by atoms with Gasteiger partial charge in [0.05, 0.1) is 5.60 Å². The number of fused-ring (bicyclic) bond motifs is 4. The number of ether oxygens (including phenoxy) is 1. The van der Waals surface area contributed by atoms with Gasteiger partial charge in [-0.2, -0.15) is 0 Å². The Kier molecular flexibility index (Phi) is 6.89. The normalized spacial score (nSPS) is 42.4. The molecular formula is C30H50O3. The van der Waals surface area contributed by atoms with E-state index in [0.717, 1.165) is 49.4 Å². The van der Waals surface area contributed by atoms with Crippen molar-refractivity contribution >= 4 is 5.97 Å². The summed E-state index contributed by atoms with van der Waals surface area (Å²) in [5.74, 6) is 3.49. The highest BCUT2D eigenvalue weighted by Crippen LogP contribution is 2.67. The Balaban J connectivity index is 1.53. The summed E-state index contributed by atoms with van der Waals surface area (Å²) in [6, 6.07) is 0. The van der Waals surface area contributed by atoms with Crippen LogP contribution in [0.15, 0.2) is 11.1 Å². The maximum absolute atomic E-state index is 11.9. The van der Waals surface area contributed by atoms with Gasteiger partial charge in [-0.1, -0.05) is 65.5 Å². The minimum Gasteiger partial charge on any atom is -0.462 e. The SMILES string of the molecule is CC(=O)O[C@H]1CC[C@]2(C)[C@H]3CC[C@@]4(C)C(=C3CC[C@@]2(O)C1)CC[C@@H]4[C@H](C)CCC(C)C(C)C. The van der Waals surface area contributed by atoms with Crippen molar-refractivity contribution in [1.82, 2.24) is 0 Å². The molecule has 0 heterocycles. The number of allylic oxidation sites excluding steroid dienone is 2. The summed E-state index contributed by atoms with van der Waals surface area (Å²) in [6.07, 6.45) is 12.1. The van der Waals surface area contributed by atoms with Crippen LogP contribution in [-0.4, -0.2) is 22.8 Å². The Labute approximate surface area is 203 Å². The van der Waals surface area contributed by atoms with Gasteiger partial charge in [0, 0.05) is 18.8 Å². The molecule has 1 unspecified atom stereocenters. The van der Waals surface area contributed by atoms with E-state index in [0.29, 0.717) is 17.8 Å². The molecule has 4 aliphatic rings. The summed E-state index contributed by atoms with van der Waals surface area (Å²) in [4.78, 5) is 11.5. The molecule has 0 aromatic heterocycles. The second-order valence-electron chi connectivity index (χ2n) is 13.4. The molecule has 8 atom stereocenters. The van der Waals surface area contributed by atoms with Gasteiger partial charge in [-0.3, -0.25) is 4.79 Å². The largest absolute Gasteiger partial charge is 0.462 e. The molecule has 3 fully saturated rings. The Hall–Kier alpha value is -0.830. The molecule has 1 N–H and O–H groups in total. The van der Waals surface area contributed by atoms with Crippen molar-refractivity contribution in [2.75, 3.05) is 0 Å². The van der Waals surface area contributed by atoms with Gasteiger partial charge >= 0.3 is 5.97 Å². The summed E-state index contributed by atoms with van der Waals surface area (Å²) in [7, 11) is 0. The third-order valence-corrected chi connectivity index (χ3v) is 11.4. The summed E-state index contributed by atoms with van der Waals surface area (Å²) in [5.41, 5.74) is 3.10. The summed E-state index contributed by atoms with van der Waals surface area (Å²) in [5, 5.41) is 11.9. The van der Waals surface area contributed by atoms with E-state index in [1.807, 2.05) is 0 Å². The Morgan fingerprint density at radius 1 is 1.03 bits per heavy atom. The Morgan fingerprint density at radius 2 is 1.76 bits per heavy atom. The van der Waals surface area contributed by atoms with Crippen molar-refractivity contribution in [3.05, 3.63) is 11.1 Å². The summed E-state index contributed by atoms with van der Waals surface area (Å²) >= 11 is 0. The van der Waals surface area contributed by atoms with Crippen LogP contribution in [0.2, 0.25) is 0 Å². The van der Waals surface area contributed by atoms with Crippen molar-refractivity contribution in [2.45, 2.75) is 131 Å². The van der Waals surface area contributed by atoms with Crippen LogP contribution in [0, 0.1) is 40.4 Å². The zero-order valence-corrected chi connectivity index (χ0v) is 22.5. The van der Waals surface area contributed by atoms with Gasteiger partial charge in [0.15, 0.2) is 0 Å². The third kappa shape index (κ3) is 4.23. The van der Waals surface area contributed by atoms with E-state index in [9.17, 15) is 9.90 Å². The quantitative estimate of drug-likeness (QED) is 0.332. The van der Waals surface area contributed by atoms with Gasteiger partial charge in [-0.15, -0.1) is 0 Å². The second kappa shape index (κ2) is 8.99.